The summed E-state index contributed by atoms with van der Waals surface area (Å²) < 4.78 is 47.6. The molecule has 2 heterocycles. The maximum Gasteiger partial charge on any atom is 0.573 e. The third-order valence-corrected chi connectivity index (χ3v) is 4.62. The molecule has 0 amide bonds. The number of para-hydroxylation sites is 1. The summed E-state index contributed by atoms with van der Waals surface area (Å²) in [5.74, 6) is -1.39. The molecule has 0 saturated carbocycles. The van der Waals surface area contributed by atoms with Crippen LogP contribution in [0.25, 0.3) is 33.3 Å². The molecule has 4 rings (SSSR count). The van der Waals surface area contributed by atoms with Gasteiger partial charge >= 0.3 is 12.3 Å². The molecule has 0 aliphatic carbocycles. The third-order valence-electron chi connectivity index (χ3n) is 4.62. The summed E-state index contributed by atoms with van der Waals surface area (Å²) in [6, 6.07) is 10.8. The molecule has 0 saturated heterocycles. The molecule has 2 aromatic heterocycles. The molecule has 4 aromatic rings. The predicted octanol–water partition coefficient (Wildman–Crippen LogP) is 5.86. The second-order valence-electron chi connectivity index (χ2n) is 6.60. The van der Waals surface area contributed by atoms with Gasteiger partial charge in [0.1, 0.15) is 17.0 Å². The molecule has 0 radical (unpaired) electrons. The largest absolute Gasteiger partial charge is 0.573 e. The first-order chi connectivity index (χ1) is 13.6. The van der Waals surface area contributed by atoms with E-state index in [9.17, 15) is 23.1 Å². The maximum absolute atomic E-state index is 12.6. The van der Waals surface area contributed by atoms with Crippen LogP contribution >= 0.6 is 0 Å². The standard InChI is InChI=1S/C21H14F3NO4/c1-10-7-12(29-21(22,23)24)8-14-15(20(26)27)9-16(25-18(10)14)19-11(2)13-5-3-4-6-17(13)28-19/h3-9H,1-2H3,(H,26,27). The number of fused-ring (bicyclic) bond motifs is 2. The van der Waals surface area contributed by atoms with Gasteiger partial charge in [-0.1, -0.05) is 18.2 Å². The zero-order valence-electron chi connectivity index (χ0n) is 15.3. The molecule has 0 unspecified atom stereocenters. The van der Waals surface area contributed by atoms with Crippen LogP contribution in [0.4, 0.5) is 13.2 Å². The molecule has 0 atom stereocenters. The zero-order valence-corrected chi connectivity index (χ0v) is 15.3. The van der Waals surface area contributed by atoms with E-state index in [0.717, 1.165) is 17.0 Å². The minimum atomic E-state index is -4.89. The first-order valence-corrected chi connectivity index (χ1v) is 8.57. The molecule has 0 spiro atoms. The number of carbonyl (C=O) groups is 1. The van der Waals surface area contributed by atoms with Crippen LogP contribution < -0.4 is 4.74 Å². The van der Waals surface area contributed by atoms with Crippen LogP contribution in [0.1, 0.15) is 21.5 Å². The van der Waals surface area contributed by atoms with E-state index in [1.165, 1.54) is 12.1 Å². The number of benzene rings is 2. The molecular formula is C21H14F3NO4. The van der Waals surface area contributed by atoms with Crippen LogP contribution in [-0.2, 0) is 0 Å². The number of hydrogen-bond acceptors (Lipinski definition) is 4. The number of alkyl halides is 3. The minimum Gasteiger partial charge on any atom is -0.478 e. The summed E-state index contributed by atoms with van der Waals surface area (Å²) in [5.41, 5.74) is 2.12. The average Bonchev–Trinajstić information content (AvgIpc) is 2.97. The van der Waals surface area contributed by atoms with Crippen LogP contribution in [0.3, 0.4) is 0 Å². The number of carboxylic acid groups (broad SMARTS) is 1. The van der Waals surface area contributed by atoms with E-state index in [0.29, 0.717) is 16.9 Å². The predicted molar refractivity (Wildman–Crippen MR) is 100 cm³/mol. The quantitative estimate of drug-likeness (QED) is 0.465. The van der Waals surface area contributed by atoms with Gasteiger partial charge in [-0.3, -0.25) is 0 Å². The molecule has 8 heteroatoms. The van der Waals surface area contributed by atoms with Gasteiger partial charge in [0, 0.05) is 16.3 Å². The van der Waals surface area contributed by atoms with Crippen molar-refractivity contribution in [2.24, 2.45) is 0 Å². The summed E-state index contributed by atoms with van der Waals surface area (Å²) in [6.07, 6.45) is -4.89. The minimum absolute atomic E-state index is 0.0502. The van der Waals surface area contributed by atoms with Crippen LogP contribution in [-0.4, -0.2) is 22.4 Å². The average molecular weight is 401 g/mol. The van der Waals surface area contributed by atoms with E-state index in [-0.39, 0.29) is 22.2 Å². The number of hydrogen-bond donors (Lipinski definition) is 1. The Bertz CT molecular complexity index is 1270. The van der Waals surface area contributed by atoms with E-state index in [1.807, 2.05) is 25.1 Å². The molecule has 2 aromatic carbocycles. The Kier molecular flexibility index (Phi) is 4.22. The van der Waals surface area contributed by atoms with Crippen molar-refractivity contribution in [1.82, 2.24) is 4.98 Å². The van der Waals surface area contributed by atoms with Gasteiger partial charge in [-0.15, -0.1) is 13.2 Å². The summed E-state index contributed by atoms with van der Waals surface area (Å²) in [5, 5.41) is 10.6. The molecule has 0 aliphatic rings. The normalized spacial score (nSPS) is 11.9. The van der Waals surface area contributed by atoms with Crippen LogP contribution in [0, 0.1) is 13.8 Å². The van der Waals surface area contributed by atoms with Crippen LogP contribution in [0.5, 0.6) is 5.75 Å². The fourth-order valence-electron chi connectivity index (χ4n) is 3.37. The lowest BCUT2D eigenvalue weighted by Crippen LogP contribution is -2.17. The Hall–Kier alpha value is -3.55. The fraction of sp³-hybridized carbons (Fsp3) is 0.143. The number of furan rings is 1. The number of halogens is 3. The van der Waals surface area contributed by atoms with Crippen molar-refractivity contribution < 1.29 is 32.2 Å². The van der Waals surface area contributed by atoms with Crippen molar-refractivity contribution >= 4 is 27.8 Å². The number of pyridine rings is 1. The maximum atomic E-state index is 12.6. The molecule has 148 valence electrons. The van der Waals surface area contributed by atoms with Gasteiger partial charge in [0.2, 0.25) is 0 Å². The molecule has 29 heavy (non-hydrogen) atoms. The lowest BCUT2D eigenvalue weighted by atomic mass is 10.0. The number of aromatic nitrogens is 1. The van der Waals surface area contributed by atoms with E-state index < -0.39 is 18.1 Å². The summed E-state index contributed by atoms with van der Waals surface area (Å²) >= 11 is 0. The first kappa shape index (κ1) is 18.8. The monoisotopic (exact) mass is 401 g/mol. The van der Waals surface area contributed by atoms with Crippen molar-refractivity contribution in [3.05, 3.63) is 59.2 Å². The van der Waals surface area contributed by atoms with Gasteiger partial charge in [0.25, 0.3) is 0 Å². The SMILES string of the molecule is Cc1c(-c2cc(C(=O)O)c3cc(OC(F)(F)F)cc(C)c3n2)oc2ccccc12. The van der Waals surface area contributed by atoms with Crippen LogP contribution in [0.15, 0.2) is 46.9 Å². The molecule has 0 aliphatic heterocycles. The molecule has 0 bridgehead atoms. The molecule has 5 nitrogen and oxygen atoms in total. The van der Waals surface area contributed by atoms with Crippen molar-refractivity contribution in [3.63, 3.8) is 0 Å². The summed E-state index contributed by atoms with van der Waals surface area (Å²) in [6.45, 7) is 3.38. The van der Waals surface area contributed by atoms with Gasteiger partial charge in [0.15, 0.2) is 5.76 Å². The highest BCUT2D eigenvalue weighted by Crippen LogP contribution is 2.36. The number of nitrogens with zero attached hydrogens (tertiary/aromatic N) is 1. The number of aromatic carboxylic acids is 1. The lowest BCUT2D eigenvalue weighted by molar-refractivity contribution is -0.274. The second-order valence-corrected chi connectivity index (χ2v) is 6.60. The highest BCUT2D eigenvalue weighted by Gasteiger charge is 2.31. The second kappa shape index (κ2) is 6.51. The highest BCUT2D eigenvalue weighted by molar-refractivity contribution is 6.05. The first-order valence-electron chi connectivity index (χ1n) is 8.57. The van der Waals surface area contributed by atoms with E-state index >= 15 is 0 Å². The van der Waals surface area contributed by atoms with Crippen molar-refractivity contribution in [2.75, 3.05) is 0 Å². The van der Waals surface area contributed by atoms with E-state index in [2.05, 4.69) is 9.72 Å². The van der Waals surface area contributed by atoms with Crippen molar-refractivity contribution in [3.8, 4) is 17.2 Å². The Morgan fingerprint density at radius 3 is 2.48 bits per heavy atom. The lowest BCUT2D eigenvalue weighted by Gasteiger charge is -2.13. The Balaban J connectivity index is 1.97. The van der Waals surface area contributed by atoms with Crippen molar-refractivity contribution in [1.29, 1.82) is 0 Å². The number of rotatable bonds is 3. The van der Waals surface area contributed by atoms with Gasteiger partial charge in [-0.2, -0.15) is 0 Å². The highest BCUT2D eigenvalue weighted by atomic mass is 19.4. The molecule has 0 fully saturated rings. The van der Waals surface area contributed by atoms with E-state index in [1.54, 1.807) is 13.0 Å². The van der Waals surface area contributed by atoms with Crippen LogP contribution in [0.2, 0.25) is 0 Å². The Labute approximate surface area is 162 Å². The summed E-state index contributed by atoms with van der Waals surface area (Å²) in [7, 11) is 0. The zero-order chi connectivity index (χ0) is 20.9. The topological polar surface area (TPSA) is 72.6 Å². The third kappa shape index (κ3) is 3.37. The smallest absolute Gasteiger partial charge is 0.478 e. The van der Waals surface area contributed by atoms with E-state index in [4.69, 9.17) is 4.42 Å². The number of carboxylic acids is 1. The molecule has 1 N–H and O–H groups in total. The number of aryl methyl sites for hydroxylation is 2. The summed E-state index contributed by atoms with van der Waals surface area (Å²) in [4.78, 5) is 16.3. The molecular weight excluding hydrogens is 387 g/mol. The van der Waals surface area contributed by atoms with Gasteiger partial charge in [0.05, 0.1) is 11.1 Å². The van der Waals surface area contributed by atoms with Crippen molar-refractivity contribution in [2.45, 2.75) is 20.2 Å². The number of ether oxygens (including phenoxy) is 1. The Morgan fingerprint density at radius 1 is 1.10 bits per heavy atom. The van der Waals surface area contributed by atoms with Gasteiger partial charge in [-0.05, 0) is 43.7 Å². The van der Waals surface area contributed by atoms with Gasteiger partial charge in [-0.25, -0.2) is 9.78 Å². The fourth-order valence-corrected chi connectivity index (χ4v) is 3.37. The Morgan fingerprint density at radius 2 is 1.83 bits per heavy atom. The van der Waals surface area contributed by atoms with Gasteiger partial charge < -0.3 is 14.3 Å².